The molecule has 10 heteroatoms. The molecular weight excluding hydrogens is 376 g/mol. The van der Waals surface area contributed by atoms with Gasteiger partial charge in [-0.05, 0) is 18.6 Å². The summed E-state index contributed by atoms with van der Waals surface area (Å²) in [5.41, 5.74) is 4.48. The predicted octanol–water partition coefficient (Wildman–Crippen LogP) is 0.786. The molecule has 1 aliphatic rings. The molecule has 0 saturated carbocycles. The van der Waals surface area contributed by atoms with Crippen LogP contribution >= 0.6 is 23.4 Å². The van der Waals surface area contributed by atoms with E-state index in [9.17, 15) is 18.0 Å². The number of benzene rings is 1. The third-order valence-corrected chi connectivity index (χ3v) is 6.77. The van der Waals surface area contributed by atoms with Crippen LogP contribution in [0.15, 0.2) is 24.3 Å². The molecule has 1 heterocycles. The van der Waals surface area contributed by atoms with Gasteiger partial charge < -0.3 is 4.74 Å². The third-order valence-electron chi connectivity index (χ3n) is 3.18. The summed E-state index contributed by atoms with van der Waals surface area (Å²) in [6, 6.07) is 6.72. The average molecular weight is 393 g/mol. The fourth-order valence-electron chi connectivity index (χ4n) is 2.00. The van der Waals surface area contributed by atoms with Crippen LogP contribution in [0.4, 0.5) is 0 Å². The van der Waals surface area contributed by atoms with Gasteiger partial charge in [-0.2, -0.15) is 0 Å². The second kappa shape index (κ2) is 8.59. The van der Waals surface area contributed by atoms with Crippen molar-refractivity contribution in [2.45, 2.75) is 11.7 Å². The Labute approximate surface area is 149 Å². The number of thioether (sulfide) groups is 1. The van der Waals surface area contributed by atoms with Crippen LogP contribution in [0.3, 0.4) is 0 Å². The van der Waals surface area contributed by atoms with E-state index in [2.05, 4.69) is 10.9 Å². The van der Waals surface area contributed by atoms with Crippen molar-refractivity contribution >= 4 is 45.0 Å². The van der Waals surface area contributed by atoms with Gasteiger partial charge in [0.2, 0.25) is 5.91 Å². The molecule has 132 valence electrons. The number of ether oxygens (including phenoxy) is 1. The van der Waals surface area contributed by atoms with Crippen molar-refractivity contribution < 1.29 is 22.7 Å². The Hall–Kier alpha value is -1.45. The highest BCUT2D eigenvalue weighted by Crippen LogP contribution is 2.24. The fourth-order valence-corrected chi connectivity index (χ4v) is 5.64. The maximum Gasteiger partial charge on any atom is 0.276 e. The molecule has 1 aliphatic heterocycles. The SMILES string of the molecule is O=C(COc1ccccc1Cl)NNC(=O)CS[C@@H]1CCS(=O)(=O)C1. The van der Waals surface area contributed by atoms with E-state index in [0.29, 0.717) is 17.2 Å². The van der Waals surface area contributed by atoms with E-state index in [-0.39, 0.29) is 29.1 Å². The topological polar surface area (TPSA) is 102 Å². The Morgan fingerprint density at radius 2 is 1.96 bits per heavy atom. The molecule has 1 aromatic rings. The highest BCUT2D eigenvalue weighted by molar-refractivity contribution is 8.02. The number of nitrogens with one attached hydrogen (secondary N) is 2. The number of para-hydroxylation sites is 1. The Balaban J connectivity index is 1.63. The van der Waals surface area contributed by atoms with E-state index in [1.807, 2.05) is 0 Å². The Kier molecular flexibility index (Phi) is 6.76. The van der Waals surface area contributed by atoms with Crippen LogP contribution in [0, 0.1) is 0 Å². The monoisotopic (exact) mass is 392 g/mol. The lowest BCUT2D eigenvalue weighted by Gasteiger charge is -2.10. The number of hydrazine groups is 1. The second-order valence-electron chi connectivity index (χ2n) is 5.15. The molecule has 0 radical (unpaired) electrons. The number of hydrogen-bond donors (Lipinski definition) is 2. The molecule has 0 spiro atoms. The van der Waals surface area contributed by atoms with Crippen molar-refractivity contribution in [2.75, 3.05) is 23.9 Å². The first-order valence-electron chi connectivity index (χ1n) is 7.13. The predicted molar refractivity (Wildman–Crippen MR) is 92.7 cm³/mol. The quantitative estimate of drug-likeness (QED) is 0.694. The lowest BCUT2D eigenvalue weighted by molar-refractivity contribution is -0.128. The number of carbonyl (C=O) groups excluding carboxylic acids is 2. The molecule has 7 nitrogen and oxygen atoms in total. The molecular formula is C14H17ClN2O5S2. The summed E-state index contributed by atoms with van der Waals surface area (Å²) in [7, 11) is -2.96. The molecule has 2 rings (SSSR count). The third kappa shape index (κ3) is 6.21. The normalized spacial score (nSPS) is 18.8. The largest absolute Gasteiger partial charge is 0.482 e. The highest BCUT2D eigenvalue weighted by Gasteiger charge is 2.28. The average Bonchev–Trinajstić information content (AvgIpc) is 2.89. The molecule has 1 fully saturated rings. The number of rotatable bonds is 6. The van der Waals surface area contributed by atoms with Gasteiger partial charge in [0, 0.05) is 5.25 Å². The van der Waals surface area contributed by atoms with E-state index in [4.69, 9.17) is 16.3 Å². The van der Waals surface area contributed by atoms with Crippen LogP contribution in [-0.2, 0) is 19.4 Å². The summed E-state index contributed by atoms with van der Waals surface area (Å²) in [6.07, 6.45) is 0.554. The minimum absolute atomic E-state index is 0.0694. The van der Waals surface area contributed by atoms with Crippen molar-refractivity contribution in [3.63, 3.8) is 0 Å². The summed E-state index contributed by atoms with van der Waals surface area (Å²) in [4.78, 5) is 23.2. The number of hydrogen-bond acceptors (Lipinski definition) is 6. The summed E-state index contributed by atoms with van der Waals surface area (Å²) in [5, 5.41) is 0.317. The van der Waals surface area contributed by atoms with Crippen molar-refractivity contribution in [3.8, 4) is 5.75 Å². The zero-order valence-corrected chi connectivity index (χ0v) is 15.0. The van der Waals surface area contributed by atoms with Crippen molar-refractivity contribution in [3.05, 3.63) is 29.3 Å². The van der Waals surface area contributed by atoms with E-state index >= 15 is 0 Å². The summed E-state index contributed by atoms with van der Waals surface area (Å²) in [6.45, 7) is -0.294. The maximum absolute atomic E-state index is 11.6. The van der Waals surface area contributed by atoms with Gasteiger partial charge >= 0.3 is 0 Å². The van der Waals surface area contributed by atoms with Gasteiger partial charge in [-0.25, -0.2) is 8.42 Å². The van der Waals surface area contributed by atoms with Gasteiger partial charge in [0.1, 0.15) is 5.75 Å². The minimum atomic E-state index is -2.96. The van der Waals surface area contributed by atoms with Gasteiger partial charge in [0.25, 0.3) is 5.91 Å². The smallest absolute Gasteiger partial charge is 0.276 e. The molecule has 0 aromatic heterocycles. The highest BCUT2D eigenvalue weighted by atomic mass is 35.5. The second-order valence-corrected chi connectivity index (χ2v) is 9.08. The molecule has 24 heavy (non-hydrogen) atoms. The Morgan fingerprint density at radius 3 is 2.62 bits per heavy atom. The van der Waals surface area contributed by atoms with Crippen LogP contribution in [0.2, 0.25) is 5.02 Å². The van der Waals surface area contributed by atoms with Gasteiger partial charge in [-0.3, -0.25) is 20.4 Å². The Bertz CT molecular complexity index is 711. The Morgan fingerprint density at radius 1 is 1.25 bits per heavy atom. The molecule has 0 bridgehead atoms. The number of amides is 2. The lowest BCUT2D eigenvalue weighted by Crippen LogP contribution is -2.44. The van der Waals surface area contributed by atoms with E-state index < -0.39 is 21.7 Å². The summed E-state index contributed by atoms with van der Waals surface area (Å²) < 4.78 is 27.9. The zero-order chi connectivity index (χ0) is 17.6. The molecule has 1 atom stereocenters. The standard InChI is InChI=1S/C14H17ClN2O5S2/c15-11-3-1-2-4-12(11)22-7-13(18)16-17-14(19)8-23-10-5-6-24(20,21)9-10/h1-4,10H,5-9H2,(H,16,18)(H,17,19)/t10-/m1/s1. The van der Waals surface area contributed by atoms with Crippen LogP contribution < -0.4 is 15.6 Å². The minimum Gasteiger partial charge on any atom is -0.482 e. The molecule has 0 aliphatic carbocycles. The van der Waals surface area contributed by atoms with Crippen LogP contribution in [0.25, 0.3) is 0 Å². The van der Waals surface area contributed by atoms with Gasteiger partial charge in [0.05, 0.1) is 22.3 Å². The fraction of sp³-hybridized carbons (Fsp3) is 0.429. The van der Waals surface area contributed by atoms with E-state index in [0.717, 1.165) is 0 Å². The van der Waals surface area contributed by atoms with Gasteiger partial charge in [-0.1, -0.05) is 23.7 Å². The van der Waals surface area contributed by atoms with Gasteiger partial charge in [0.15, 0.2) is 16.4 Å². The molecule has 1 aromatic carbocycles. The number of carbonyl (C=O) groups is 2. The molecule has 1 saturated heterocycles. The molecule has 2 N–H and O–H groups in total. The van der Waals surface area contributed by atoms with Crippen molar-refractivity contribution in [2.24, 2.45) is 0 Å². The lowest BCUT2D eigenvalue weighted by atomic mass is 10.3. The zero-order valence-electron chi connectivity index (χ0n) is 12.7. The summed E-state index contributed by atoms with van der Waals surface area (Å²) in [5.74, 6) is -0.220. The molecule has 0 unspecified atom stereocenters. The number of sulfone groups is 1. The summed E-state index contributed by atoms with van der Waals surface area (Å²) >= 11 is 7.15. The first-order chi connectivity index (χ1) is 11.4. The number of halogens is 1. The van der Waals surface area contributed by atoms with Gasteiger partial charge in [-0.15, -0.1) is 11.8 Å². The van der Waals surface area contributed by atoms with Crippen LogP contribution in [0.5, 0.6) is 5.75 Å². The first-order valence-corrected chi connectivity index (χ1v) is 10.4. The first kappa shape index (κ1) is 18.9. The van der Waals surface area contributed by atoms with Crippen LogP contribution in [-0.4, -0.2) is 49.3 Å². The molecule has 2 amide bonds. The van der Waals surface area contributed by atoms with Crippen molar-refractivity contribution in [1.82, 2.24) is 10.9 Å². The van der Waals surface area contributed by atoms with E-state index in [1.165, 1.54) is 11.8 Å². The maximum atomic E-state index is 11.6. The van der Waals surface area contributed by atoms with Crippen LogP contribution in [0.1, 0.15) is 6.42 Å². The van der Waals surface area contributed by atoms with Crippen molar-refractivity contribution in [1.29, 1.82) is 0 Å². The van der Waals surface area contributed by atoms with E-state index in [1.54, 1.807) is 24.3 Å².